The minimum atomic E-state index is 0.497. The molecule has 0 aliphatic heterocycles. The first-order chi connectivity index (χ1) is 9.84. The van der Waals surface area contributed by atoms with E-state index in [-0.39, 0.29) is 0 Å². The Morgan fingerprint density at radius 3 is 2.48 bits per heavy atom. The topological polar surface area (TPSA) is 28.2 Å². The van der Waals surface area contributed by atoms with Crippen LogP contribution in [0.1, 0.15) is 69.9 Å². The maximum absolute atomic E-state index is 4.94. The minimum absolute atomic E-state index is 0.497. The largest absolute Gasteiger partial charge is 0.348 e. The van der Waals surface area contributed by atoms with Crippen LogP contribution in [0.5, 0.6) is 0 Å². The maximum atomic E-state index is 4.94. The number of nitrogens with one attached hydrogen (secondary N) is 1. The van der Waals surface area contributed by atoms with Crippen molar-refractivity contribution in [1.82, 2.24) is 10.3 Å². The predicted molar refractivity (Wildman–Crippen MR) is 93.4 cm³/mol. The zero-order valence-corrected chi connectivity index (χ0v) is 15.3. The average Bonchev–Trinajstić information content (AvgIpc) is 2.82. The number of aromatic nitrogens is 1. The Balaban J connectivity index is 2.12. The van der Waals surface area contributed by atoms with Crippen molar-refractivity contribution >= 4 is 16.5 Å². The van der Waals surface area contributed by atoms with Crippen LogP contribution < -0.4 is 10.2 Å². The van der Waals surface area contributed by atoms with Gasteiger partial charge in [0.05, 0.1) is 5.69 Å². The highest BCUT2D eigenvalue weighted by Crippen LogP contribution is 2.39. The maximum Gasteiger partial charge on any atom is 0.185 e. The van der Waals surface area contributed by atoms with Gasteiger partial charge < -0.3 is 10.2 Å². The van der Waals surface area contributed by atoms with E-state index in [2.05, 4.69) is 45.0 Å². The standard InChI is InChI=1S/C17H31N3S/c1-12(2)15-14(11-18-5)21-16(19-15)20(6)13-7-9-17(3,4)10-8-13/h12-13,18H,7-11H2,1-6H3. The van der Waals surface area contributed by atoms with Crippen molar-refractivity contribution in [2.24, 2.45) is 5.41 Å². The fourth-order valence-electron chi connectivity index (χ4n) is 3.17. The Labute approximate surface area is 134 Å². The van der Waals surface area contributed by atoms with Crippen LogP contribution >= 0.6 is 11.3 Å². The molecule has 0 atom stereocenters. The van der Waals surface area contributed by atoms with E-state index in [0.29, 0.717) is 17.4 Å². The highest BCUT2D eigenvalue weighted by Gasteiger charge is 2.30. The molecule has 120 valence electrons. The molecule has 1 aromatic rings. The van der Waals surface area contributed by atoms with Gasteiger partial charge in [0.25, 0.3) is 0 Å². The fourth-order valence-corrected chi connectivity index (χ4v) is 4.43. The Morgan fingerprint density at radius 2 is 1.95 bits per heavy atom. The molecule has 0 aromatic carbocycles. The van der Waals surface area contributed by atoms with Crippen molar-refractivity contribution in [2.45, 2.75) is 71.9 Å². The number of hydrogen-bond donors (Lipinski definition) is 1. The van der Waals surface area contributed by atoms with Crippen molar-refractivity contribution in [3.05, 3.63) is 10.6 Å². The van der Waals surface area contributed by atoms with Crippen LogP contribution in [-0.4, -0.2) is 25.1 Å². The lowest BCUT2D eigenvalue weighted by atomic mass is 9.75. The molecule has 0 unspecified atom stereocenters. The summed E-state index contributed by atoms with van der Waals surface area (Å²) < 4.78 is 0. The van der Waals surface area contributed by atoms with Crippen molar-refractivity contribution in [3.63, 3.8) is 0 Å². The summed E-state index contributed by atoms with van der Waals surface area (Å²) >= 11 is 1.87. The molecule has 1 fully saturated rings. The third-order valence-corrected chi connectivity index (χ3v) is 5.92. The third-order valence-electron chi connectivity index (χ3n) is 4.76. The van der Waals surface area contributed by atoms with Gasteiger partial charge in [-0.05, 0) is 44.1 Å². The molecule has 2 rings (SSSR count). The van der Waals surface area contributed by atoms with Crippen LogP contribution in [0.3, 0.4) is 0 Å². The lowest BCUT2D eigenvalue weighted by Crippen LogP contribution is -2.37. The molecule has 1 heterocycles. The SMILES string of the molecule is CNCc1sc(N(C)C2CCC(C)(C)CC2)nc1C(C)C. The Morgan fingerprint density at radius 1 is 1.33 bits per heavy atom. The molecule has 21 heavy (non-hydrogen) atoms. The second-order valence-corrected chi connectivity index (χ2v) is 8.56. The summed E-state index contributed by atoms with van der Waals surface area (Å²) in [5.74, 6) is 0.497. The van der Waals surface area contributed by atoms with E-state index >= 15 is 0 Å². The van der Waals surface area contributed by atoms with Crippen LogP contribution in [0, 0.1) is 5.41 Å². The second kappa shape index (κ2) is 6.66. The van der Waals surface area contributed by atoms with E-state index in [1.54, 1.807) is 0 Å². The molecule has 0 amide bonds. The zero-order chi connectivity index (χ0) is 15.6. The fraction of sp³-hybridized carbons (Fsp3) is 0.824. The van der Waals surface area contributed by atoms with Crippen LogP contribution in [0.4, 0.5) is 5.13 Å². The lowest BCUT2D eigenvalue weighted by Gasteiger charge is -2.38. The van der Waals surface area contributed by atoms with Crippen molar-refractivity contribution in [1.29, 1.82) is 0 Å². The quantitative estimate of drug-likeness (QED) is 0.874. The first-order valence-electron chi connectivity index (χ1n) is 8.21. The molecule has 0 radical (unpaired) electrons. The molecule has 1 aliphatic rings. The number of anilines is 1. The van der Waals surface area contributed by atoms with Gasteiger partial charge in [-0.2, -0.15) is 0 Å². The first kappa shape index (κ1) is 16.8. The molecule has 1 aliphatic carbocycles. The summed E-state index contributed by atoms with van der Waals surface area (Å²) in [5.41, 5.74) is 1.80. The number of nitrogens with zero attached hydrogens (tertiary/aromatic N) is 2. The summed E-state index contributed by atoms with van der Waals surface area (Å²) in [6.45, 7) is 10.2. The van der Waals surface area contributed by atoms with Gasteiger partial charge in [0.2, 0.25) is 0 Å². The smallest absolute Gasteiger partial charge is 0.185 e. The average molecular weight is 310 g/mol. The van der Waals surface area contributed by atoms with E-state index in [0.717, 1.165) is 6.54 Å². The summed E-state index contributed by atoms with van der Waals surface area (Å²) in [5, 5.41) is 4.48. The van der Waals surface area contributed by atoms with Crippen LogP contribution in [0.2, 0.25) is 0 Å². The van der Waals surface area contributed by atoms with Gasteiger partial charge in [0, 0.05) is 24.5 Å². The molecule has 0 bridgehead atoms. The molecular formula is C17H31N3S. The van der Waals surface area contributed by atoms with Gasteiger partial charge in [-0.25, -0.2) is 4.98 Å². The molecule has 1 N–H and O–H groups in total. The minimum Gasteiger partial charge on any atom is -0.348 e. The predicted octanol–water partition coefficient (Wildman–Crippen LogP) is 4.39. The van der Waals surface area contributed by atoms with Gasteiger partial charge in [-0.1, -0.05) is 27.7 Å². The molecule has 0 saturated heterocycles. The van der Waals surface area contributed by atoms with Gasteiger partial charge in [-0.3, -0.25) is 0 Å². The molecule has 4 heteroatoms. The van der Waals surface area contributed by atoms with Gasteiger partial charge in [0.1, 0.15) is 0 Å². The summed E-state index contributed by atoms with van der Waals surface area (Å²) in [4.78, 5) is 8.77. The molecule has 1 aromatic heterocycles. The Hall–Kier alpha value is -0.610. The third kappa shape index (κ3) is 3.98. The Bertz CT molecular complexity index is 455. The van der Waals surface area contributed by atoms with Crippen LogP contribution in [0.15, 0.2) is 0 Å². The number of rotatable bonds is 5. The highest BCUT2D eigenvalue weighted by molar-refractivity contribution is 7.15. The van der Waals surface area contributed by atoms with E-state index in [1.807, 2.05) is 18.4 Å². The van der Waals surface area contributed by atoms with Crippen molar-refractivity contribution in [2.75, 3.05) is 19.0 Å². The van der Waals surface area contributed by atoms with Crippen LogP contribution in [-0.2, 0) is 6.54 Å². The van der Waals surface area contributed by atoms with Gasteiger partial charge in [0.15, 0.2) is 5.13 Å². The summed E-state index contributed by atoms with van der Waals surface area (Å²) in [6.07, 6.45) is 5.24. The number of thiazole rings is 1. The van der Waals surface area contributed by atoms with E-state index < -0.39 is 0 Å². The van der Waals surface area contributed by atoms with Crippen molar-refractivity contribution in [3.8, 4) is 0 Å². The molecular weight excluding hydrogens is 278 g/mol. The summed E-state index contributed by atoms with van der Waals surface area (Å²) in [7, 11) is 4.24. The molecule has 1 saturated carbocycles. The highest BCUT2D eigenvalue weighted by atomic mass is 32.1. The normalized spacial score (nSPS) is 19.2. The molecule has 0 spiro atoms. The first-order valence-corrected chi connectivity index (χ1v) is 9.03. The lowest BCUT2D eigenvalue weighted by molar-refractivity contribution is 0.222. The van der Waals surface area contributed by atoms with Crippen molar-refractivity contribution < 1.29 is 0 Å². The van der Waals surface area contributed by atoms with Crippen LogP contribution in [0.25, 0.3) is 0 Å². The Kier molecular flexibility index (Phi) is 5.31. The summed E-state index contributed by atoms with van der Waals surface area (Å²) in [6, 6.07) is 0.659. The monoisotopic (exact) mass is 309 g/mol. The second-order valence-electron chi connectivity index (χ2n) is 7.50. The number of hydrogen-bond acceptors (Lipinski definition) is 4. The van der Waals surface area contributed by atoms with Gasteiger partial charge >= 0.3 is 0 Å². The van der Waals surface area contributed by atoms with E-state index in [1.165, 1.54) is 41.4 Å². The van der Waals surface area contributed by atoms with E-state index in [9.17, 15) is 0 Å². The van der Waals surface area contributed by atoms with Gasteiger partial charge in [-0.15, -0.1) is 11.3 Å². The molecule has 3 nitrogen and oxygen atoms in total. The zero-order valence-electron chi connectivity index (χ0n) is 14.5. The van der Waals surface area contributed by atoms with E-state index in [4.69, 9.17) is 4.98 Å².